The second-order valence-electron chi connectivity index (χ2n) is 8.82. The first-order valence-electron chi connectivity index (χ1n) is 13.1. The molecule has 0 aromatic rings. The quantitative estimate of drug-likeness (QED) is 0.135. The van der Waals surface area contributed by atoms with Crippen LogP contribution in [0.2, 0.25) is 0 Å². The molecular weight excluding hydrogens is 356 g/mol. The average molecular weight is 411 g/mol. The molecule has 0 spiro atoms. The number of hydrogen-bond acceptors (Lipinski definition) is 1. The van der Waals surface area contributed by atoms with Crippen LogP contribution in [0.1, 0.15) is 155 Å². The highest BCUT2D eigenvalue weighted by molar-refractivity contribution is 8.02. The Bertz CT molecular complexity index is 273. The molecule has 0 aliphatic rings. The zero-order valence-electron chi connectivity index (χ0n) is 19.7. The van der Waals surface area contributed by atoms with Crippen molar-refractivity contribution in [3.8, 4) is 0 Å². The van der Waals surface area contributed by atoms with Gasteiger partial charge in [-0.25, -0.2) is 0 Å². The van der Waals surface area contributed by atoms with Crippen LogP contribution < -0.4 is 0 Å². The molecule has 0 N–H and O–H groups in total. The standard InChI is InChI=1S/C27H54S/c1-3-5-6-7-8-9-10-11-12-13-14-15-16-17-18-19-20-21-22-23-24-25-26-27-28-4-2/h4H,2-3,5-27H2,1H3. The van der Waals surface area contributed by atoms with E-state index in [-0.39, 0.29) is 0 Å². The molecule has 0 aliphatic carbocycles. The Labute approximate surface area is 184 Å². The van der Waals surface area contributed by atoms with Gasteiger partial charge in [-0.3, -0.25) is 0 Å². The van der Waals surface area contributed by atoms with E-state index in [9.17, 15) is 0 Å². The maximum Gasteiger partial charge on any atom is -0.00262 e. The van der Waals surface area contributed by atoms with Crippen molar-refractivity contribution in [3.63, 3.8) is 0 Å². The van der Waals surface area contributed by atoms with Gasteiger partial charge in [-0.15, -0.1) is 11.8 Å². The van der Waals surface area contributed by atoms with Gasteiger partial charge in [-0.05, 0) is 17.6 Å². The Morgan fingerprint density at radius 3 is 0.929 bits per heavy atom. The molecular formula is C27H54S. The number of thioether (sulfide) groups is 1. The van der Waals surface area contributed by atoms with E-state index in [4.69, 9.17) is 0 Å². The molecule has 0 unspecified atom stereocenters. The van der Waals surface area contributed by atoms with Crippen LogP contribution in [0.4, 0.5) is 0 Å². The number of hydrogen-bond donors (Lipinski definition) is 0. The Morgan fingerprint density at radius 2 is 0.679 bits per heavy atom. The molecule has 0 amide bonds. The molecule has 168 valence electrons. The summed E-state index contributed by atoms with van der Waals surface area (Å²) in [4.78, 5) is 0. The van der Waals surface area contributed by atoms with Crippen molar-refractivity contribution in [2.45, 2.75) is 155 Å². The molecule has 0 aromatic heterocycles. The first-order chi connectivity index (χ1) is 13.9. The minimum Gasteiger partial charge on any atom is -0.135 e. The Balaban J connectivity index is 2.97. The van der Waals surface area contributed by atoms with Crippen molar-refractivity contribution >= 4 is 11.8 Å². The van der Waals surface area contributed by atoms with Crippen LogP contribution in [0.3, 0.4) is 0 Å². The summed E-state index contributed by atoms with van der Waals surface area (Å²) in [6, 6.07) is 0. The third-order valence-electron chi connectivity index (χ3n) is 5.98. The minimum absolute atomic E-state index is 1.27. The summed E-state index contributed by atoms with van der Waals surface area (Å²) >= 11 is 1.86. The number of rotatable bonds is 25. The van der Waals surface area contributed by atoms with Gasteiger partial charge in [0.25, 0.3) is 0 Å². The summed E-state index contributed by atoms with van der Waals surface area (Å²) in [7, 11) is 0. The maximum absolute atomic E-state index is 3.75. The van der Waals surface area contributed by atoms with Crippen molar-refractivity contribution in [3.05, 3.63) is 12.0 Å². The second-order valence-corrected chi connectivity index (χ2v) is 9.89. The van der Waals surface area contributed by atoms with E-state index in [0.717, 1.165) is 0 Å². The van der Waals surface area contributed by atoms with E-state index < -0.39 is 0 Å². The summed E-state index contributed by atoms with van der Waals surface area (Å²) in [5.74, 6) is 1.27. The molecule has 1 heteroatoms. The van der Waals surface area contributed by atoms with E-state index in [2.05, 4.69) is 13.5 Å². The molecule has 0 bridgehead atoms. The molecule has 0 heterocycles. The van der Waals surface area contributed by atoms with Gasteiger partial charge < -0.3 is 0 Å². The first kappa shape index (κ1) is 28.1. The molecule has 0 nitrogen and oxygen atoms in total. The number of unbranched alkanes of at least 4 members (excludes halogenated alkanes) is 22. The van der Waals surface area contributed by atoms with E-state index in [1.165, 1.54) is 153 Å². The van der Waals surface area contributed by atoms with Crippen LogP contribution in [0.25, 0.3) is 0 Å². The lowest BCUT2D eigenvalue weighted by Crippen LogP contribution is -1.85. The summed E-state index contributed by atoms with van der Waals surface area (Å²) in [6.45, 7) is 6.05. The highest BCUT2D eigenvalue weighted by Crippen LogP contribution is 2.15. The van der Waals surface area contributed by atoms with E-state index in [0.29, 0.717) is 0 Å². The van der Waals surface area contributed by atoms with E-state index in [1.807, 2.05) is 17.2 Å². The smallest absolute Gasteiger partial charge is 0.00262 e. The Kier molecular flexibility index (Phi) is 27.2. The molecule has 0 atom stereocenters. The van der Waals surface area contributed by atoms with Gasteiger partial charge in [0.15, 0.2) is 0 Å². The fraction of sp³-hybridized carbons (Fsp3) is 0.926. The fourth-order valence-corrected chi connectivity index (χ4v) is 4.59. The molecule has 0 rings (SSSR count). The zero-order valence-corrected chi connectivity index (χ0v) is 20.5. The van der Waals surface area contributed by atoms with Crippen molar-refractivity contribution in [2.24, 2.45) is 0 Å². The van der Waals surface area contributed by atoms with Gasteiger partial charge in [0.2, 0.25) is 0 Å². The third-order valence-corrected chi connectivity index (χ3v) is 6.74. The predicted molar refractivity (Wildman–Crippen MR) is 135 cm³/mol. The van der Waals surface area contributed by atoms with Crippen molar-refractivity contribution in [1.29, 1.82) is 0 Å². The summed E-state index contributed by atoms with van der Waals surface area (Å²) in [5, 5.41) is 1.97. The van der Waals surface area contributed by atoms with Crippen LogP contribution >= 0.6 is 11.8 Å². The lowest BCUT2D eigenvalue weighted by molar-refractivity contribution is 0.519. The normalized spacial score (nSPS) is 11.2. The topological polar surface area (TPSA) is 0 Å². The molecule has 0 saturated heterocycles. The first-order valence-corrected chi connectivity index (χ1v) is 14.2. The van der Waals surface area contributed by atoms with Crippen molar-refractivity contribution in [2.75, 3.05) is 5.75 Å². The van der Waals surface area contributed by atoms with Gasteiger partial charge in [-0.2, -0.15) is 0 Å². The lowest BCUT2D eigenvalue weighted by Gasteiger charge is -2.04. The van der Waals surface area contributed by atoms with Crippen LogP contribution in [-0.4, -0.2) is 5.75 Å². The molecule has 0 radical (unpaired) electrons. The molecule has 0 aromatic carbocycles. The average Bonchev–Trinajstić information content (AvgIpc) is 2.71. The van der Waals surface area contributed by atoms with Crippen LogP contribution in [0, 0.1) is 0 Å². The monoisotopic (exact) mass is 410 g/mol. The summed E-state index contributed by atoms with van der Waals surface area (Å²) in [5.41, 5.74) is 0. The molecule has 0 fully saturated rings. The predicted octanol–water partition coefficient (Wildman–Crippen LogP) is 10.9. The second kappa shape index (κ2) is 27.1. The van der Waals surface area contributed by atoms with E-state index in [1.54, 1.807) is 0 Å². The maximum atomic E-state index is 3.75. The molecule has 0 saturated carbocycles. The van der Waals surface area contributed by atoms with Gasteiger partial charge in [0.05, 0.1) is 0 Å². The minimum atomic E-state index is 1.27. The highest BCUT2D eigenvalue weighted by atomic mass is 32.2. The Hall–Kier alpha value is 0.0900. The van der Waals surface area contributed by atoms with Crippen molar-refractivity contribution in [1.82, 2.24) is 0 Å². The van der Waals surface area contributed by atoms with Gasteiger partial charge in [0.1, 0.15) is 0 Å². The van der Waals surface area contributed by atoms with Gasteiger partial charge in [-0.1, -0.05) is 155 Å². The SMILES string of the molecule is C=CSCCCCCCCCCCCCCCCCCCCCCCCCC. The van der Waals surface area contributed by atoms with E-state index >= 15 is 0 Å². The van der Waals surface area contributed by atoms with Gasteiger partial charge in [0, 0.05) is 0 Å². The summed E-state index contributed by atoms with van der Waals surface area (Å²) < 4.78 is 0. The lowest BCUT2D eigenvalue weighted by atomic mass is 10.0. The fourth-order valence-electron chi connectivity index (χ4n) is 4.05. The Morgan fingerprint density at radius 1 is 0.429 bits per heavy atom. The zero-order chi connectivity index (χ0) is 20.4. The van der Waals surface area contributed by atoms with Crippen LogP contribution in [0.5, 0.6) is 0 Å². The summed E-state index contributed by atoms with van der Waals surface area (Å²) in [6.07, 6.45) is 33.7. The van der Waals surface area contributed by atoms with Crippen LogP contribution in [-0.2, 0) is 0 Å². The third kappa shape index (κ3) is 26.1. The van der Waals surface area contributed by atoms with Crippen LogP contribution in [0.15, 0.2) is 12.0 Å². The molecule has 0 aliphatic heterocycles. The molecule has 28 heavy (non-hydrogen) atoms. The highest BCUT2D eigenvalue weighted by Gasteiger charge is 1.96. The largest absolute Gasteiger partial charge is 0.135 e. The van der Waals surface area contributed by atoms with Gasteiger partial charge >= 0.3 is 0 Å². The van der Waals surface area contributed by atoms with Crippen molar-refractivity contribution < 1.29 is 0 Å².